The maximum absolute atomic E-state index is 12.2. The standard InChI is InChI=1S/C12H10BrClN2O3S/c1-19-11-6-9(3-4-10(11)13)20(17,18)16-12-5-2-8(14)7-15-12/h2-7H,1H3,(H,15,16). The number of aromatic nitrogens is 1. The molecule has 20 heavy (non-hydrogen) atoms. The Bertz CT molecular complexity index is 720. The molecule has 8 heteroatoms. The quantitative estimate of drug-likeness (QED) is 0.887. The fourth-order valence-electron chi connectivity index (χ4n) is 1.44. The van der Waals surface area contributed by atoms with Gasteiger partial charge in [-0.3, -0.25) is 4.72 Å². The third kappa shape index (κ3) is 3.41. The Morgan fingerprint density at radius 1 is 1.30 bits per heavy atom. The first-order chi connectivity index (χ1) is 9.42. The van der Waals surface area contributed by atoms with Crippen LogP contribution < -0.4 is 9.46 Å². The summed E-state index contributed by atoms with van der Waals surface area (Å²) in [5, 5.41) is 0.429. The number of ether oxygens (including phenoxy) is 1. The van der Waals surface area contributed by atoms with Crippen LogP contribution in [0.3, 0.4) is 0 Å². The number of hydrogen-bond donors (Lipinski definition) is 1. The van der Waals surface area contributed by atoms with Crippen LogP contribution in [0.2, 0.25) is 5.02 Å². The third-order valence-corrected chi connectivity index (χ3v) is 4.63. The number of sulfonamides is 1. The third-order valence-electron chi connectivity index (χ3n) is 2.40. The van der Waals surface area contributed by atoms with Gasteiger partial charge in [0.15, 0.2) is 0 Å². The molecule has 0 saturated carbocycles. The van der Waals surface area contributed by atoms with E-state index in [0.29, 0.717) is 15.2 Å². The number of rotatable bonds is 4. The summed E-state index contributed by atoms with van der Waals surface area (Å²) in [6, 6.07) is 7.51. The van der Waals surface area contributed by atoms with Crippen molar-refractivity contribution in [2.24, 2.45) is 0 Å². The average molecular weight is 378 g/mol. The zero-order valence-corrected chi connectivity index (χ0v) is 13.5. The van der Waals surface area contributed by atoms with Crippen LogP contribution in [0.15, 0.2) is 45.9 Å². The highest BCUT2D eigenvalue weighted by atomic mass is 79.9. The van der Waals surface area contributed by atoms with Gasteiger partial charge in [0.1, 0.15) is 11.6 Å². The molecular weight excluding hydrogens is 368 g/mol. The van der Waals surface area contributed by atoms with Gasteiger partial charge in [0.2, 0.25) is 0 Å². The number of pyridine rings is 1. The molecular formula is C12H10BrClN2O3S. The minimum atomic E-state index is -3.73. The SMILES string of the molecule is COc1cc(S(=O)(=O)Nc2ccc(Cl)cn2)ccc1Br. The Morgan fingerprint density at radius 2 is 2.05 bits per heavy atom. The van der Waals surface area contributed by atoms with Crippen molar-refractivity contribution in [3.8, 4) is 5.75 Å². The van der Waals surface area contributed by atoms with Crippen molar-refractivity contribution in [3.05, 3.63) is 46.0 Å². The predicted octanol–water partition coefficient (Wildman–Crippen LogP) is 3.31. The molecule has 0 amide bonds. The summed E-state index contributed by atoms with van der Waals surface area (Å²) in [5.74, 6) is 0.619. The molecule has 1 N–H and O–H groups in total. The highest BCUT2D eigenvalue weighted by Crippen LogP contribution is 2.28. The van der Waals surface area contributed by atoms with Crippen molar-refractivity contribution < 1.29 is 13.2 Å². The zero-order chi connectivity index (χ0) is 14.8. The number of anilines is 1. The molecule has 0 aliphatic rings. The van der Waals surface area contributed by atoms with Crippen LogP contribution in [0.4, 0.5) is 5.82 Å². The zero-order valence-electron chi connectivity index (χ0n) is 10.3. The summed E-state index contributed by atoms with van der Waals surface area (Å²) >= 11 is 8.96. The van der Waals surface area contributed by atoms with Gasteiger partial charge in [-0.1, -0.05) is 11.6 Å². The minimum Gasteiger partial charge on any atom is -0.496 e. The predicted molar refractivity (Wildman–Crippen MR) is 80.7 cm³/mol. The molecule has 0 radical (unpaired) electrons. The monoisotopic (exact) mass is 376 g/mol. The van der Waals surface area contributed by atoms with E-state index in [4.69, 9.17) is 16.3 Å². The van der Waals surface area contributed by atoms with Crippen LogP contribution in [-0.4, -0.2) is 20.5 Å². The second-order valence-corrected chi connectivity index (χ2v) is 6.74. The Kier molecular flexibility index (Phi) is 4.52. The van der Waals surface area contributed by atoms with E-state index in [1.807, 2.05) is 0 Å². The van der Waals surface area contributed by atoms with Crippen molar-refractivity contribution in [1.29, 1.82) is 0 Å². The Balaban J connectivity index is 2.33. The van der Waals surface area contributed by atoms with Gasteiger partial charge in [0, 0.05) is 12.3 Å². The molecule has 1 heterocycles. The summed E-state index contributed by atoms with van der Waals surface area (Å²) in [7, 11) is -2.27. The number of hydrogen-bond acceptors (Lipinski definition) is 4. The molecule has 106 valence electrons. The molecule has 1 aromatic carbocycles. The topological polar surface area (TPSA) is 68.3 Å². The van der Waals surface area contributed by atoms with Crippen LogP contribution in [0.1, 0.15) is 0 Å². The fourth-order valence-corrected chi connectivity index (χ4v) is 2.98. The first kappa shape index (κ1) is 15.1. The van der Waals surface area contributed by atoms with Crippen LogP contribution in [-0.2, 0) is 10.0 Å². The van der Waals surface area contributed by atoms with Crippen LogP contribution >= 0.6 is 27.5 Å². The number of nitrogens with zero attached hydrogens (tertiary/aromatic N) is 1. The van der Waals surface area contributed by atoms with Gasteiger partial charge in [-0.2, -0.15) is 0 Å². The Labute approximate surface area is 130 Å². The van der Waals surface area contributed by atoms with Crippen molar-refractivity contribution in [2.75, 3.05) is 11.8 Å². The molecule has 0 aliphatic heterocycles. The number of halogens is 2. The van der Waals surface area contributed by atoms with Gasteiger partial charge in [0.25, 0.3) is 10.0 Å². The molecule has 0 fully saturated rings. The number of benzene rings is 1. The highest BCUT2D eigenvalue weighted by Gasteiger charge is 2.16. The van der Waals surface area contributed by atoms with Crippen molar-refractivity contribution in [3.63, 3.8) is 0 Å². The van der Waals surface area contributed by atoms with Crippen LogP contribution in [0.25, 0.3) is 0 Å². The second kappa shape index (κ2) is 5.99. The first-order valence-electron chi connectivity index (χ1n) is 5.40. The minimum absolute atomic E-state index is 0.0781. The van der Waals surface area contributed by atoms with Crippen molar-refractivity contribution >= 4 is 43.4 Å². The normalized spacial score (nSPS) is 11.2. The maximum Gasteiger partial charge on any atom is 0.263 e. The Morgan fingerprint density at radius 3 is 2.65 bits per heavy atom. The lowest BCUT2D eigenvalue weighted by atomic mass is 10.3. The molecule has 0 saturated heterocycles. The van der Waals surface area contributed by atoms with Gasteiger partial charge in [-0.25, -0.2) is 13.4 Å². The maximum atomic E-state index is 12.2. The van der Waals surface area contributed by atoms with Gasteiger partial charge >= 0.3 is 0 Å². The van der Waals surface area contributed by atoms with Crippen LogP contribution in [0, 0.1) is 0 Å². The lowest BCUT2D eigenvalue weighted by Gasteiger charge is -2.09. The van der Waals surface area contributed by atoms with Crippen molar-refractivity contribution in [2.45, 2.75) is 4.90 Å². The van der Waals surface area contributed by atoms with E-state index in [9.17, 15) is 8.42 Å². The molecule has 1 aromatic heterocycles. The summed E-state index contributed by atoms with van der Waals surface area (Å²) < 4.78 is 32.5. The van der Waals surface area contributed by atoms with E-state index >= 15 is 0 Å². The average Bonchev–Trinajstić information content (AvgIpc) is 2.41. The molecule has 0 spiro atoms. The summed E-state index contributed by atoms with van der Waals surface area (Å²) in [6.07, 6.45) is 1.36. The van der Waals surface area contributed by atoms with Gasteiger partial charge in [-0.05, 0) is 40.2 Å². The molecule has 0 bridgehead atoms. The summed E-state index contributed by atoms with van der Waals surface area (Å²) in [5.41, 5.74) is 0. The van der Waals surface area contributed by atoms with E-state index in [1.165, 1.54) is 31.5 Å². The largest absolute Gasteiger partial charge is 0.496 e. The van der Waals surface area contributed by atoms with E-state index in [1.54, 1.807) is 12.1 Å². The molecule has 0 aliphatic carbocycles. The smallest absolute Gasteiger partial charge is 0.263 e. The summed E-state index contributed by atoms with van der Waals surface area (Å²) in [4.78, 5) is 3.96. The van der Waals surface area contributed by atoms with E-state index in [2.05, 4.69) is 25.6 Å². The Hall–Kier alpha value is -1.31. The molecule has 5 nitrogen and oxygen atoms in total. The lowest BCUT2D eigenvalue weighted by Crippen LogP contribution is -2.13. The van der Waals surface area contributed by atoms with Crippen molar-refractivity contribution in [1.82, 2.24) is 4.98 Å². The van der Waals surface area contributed by atoms with E-state index < -0.39 is 10.0 Å². The fraction of sp³-hybridized carbons (Fsp3) is 0.0833. The lowest BCUT2D eigenvalue weighted by molar-refractivity contribution is 0.411. The number of nitrogens with one attached hydrogen (secondary N) is 1. The second-order valence-electron chi connectivity index (χ2n) is 3.76. The first-order valence-corrected chi connectivity index (χ1v) is 8.06. The van der Waals surface area contributed by atoms with Gasteiger partial charge in [0.05, 0.1) is 21.5 Å². The molecule has 0 atom stereocenters. The van der Waals surface area contributed by atoms with E-state index in [-0.39, 0.29) is 10.7 Å². The molecule has 2 rings (SSSR count). The van der Waals surface area contributed by atoms with E-state index in [0.717, 1.165) is 0 Å². The van der Waals surface area contributed by atoms with Crippen LogP contribution in [0.5, 0.6) is 5.75 Å². The van der Waals surface area contributed by atoms with Gasteiger partial charge < -0.3 is 4.74 Å². The van der Waals surface area contributed by atoms with Gasteiger partial charge in [-0.15, -0.1) is 0 Å². The highest BCUT2D eigenvalue weighted by molar-refractivity contribution is 9.10. The molecule has 0 unspecified atom stereocenters. The number of methoxy groups -OCH3 is 1. The molecule has 2 aromatic rings. The summed E-state index contributed by atoms with van der Waals surface area (Å²) in [6.45, 7) is 0.